The summed E-state index contributed by atoms with van der Waals surface area (Å²) < 4.78 is 13.6. The van der Waals surface area contributed by atoms with Crippen LogP contribution in [0.3, 0.4) is 0 Å². The smallest absolute Gasteiger partial charge is 0.335 e. The summed E-state index contributed by atoms with van der Waals surface area (Å²) in [5.41, 5.74) is 0.524. The van der Waals surface area contributed by atoms with Crippen molar-refractivity contribution in [2.24, 2.45) is 5.92 Å². The fraction of sp³-hybridized carbons (Fsp3) is 0.562. The number of aromatic carboxylic acids is 1. The van der Waals surface area contributed by atoms with Gasteiger partial charge in [0, 0.05) is 18.2 Å². The topological polar surface area (TPSA) is 49.3 Å². The van der Waals surface area contributed by atoms with Crippen LogP contribution < -0.4 is 5.32 Å². The summed E-state index contributed by atoms with van der Waals surface area (Å²) in [6.07, 6.45) is 3.37. The van der Waals surface area contributed by atoms with E-state index in [0.29, 0.717) is 24.1 Å². The largest absolute Gasteiger partial charge is 0.478 e. The predicted molar refractivity (Wildman–Crippen MR) is 78.4 cm³/mol. The number of carboxylic acid groups (broad SMARTS) is 1. The zero-order valence-electron chi connectivity index (χ0n) is 12.4. The van der Waals surface area contributed by atoms with Gasteiger partial charge in [-0.05, 0) is 37.5 Å². The van der Waals surface area contributed by atoms with Crippen molar-refractivity contribution in [1.29, 1.82) is 0 Å². The van der Waals surface area contributed by atoms with Crippen LogP contribution in [0.15, 0.2) is 18.2 Å². The quantitative estimate of drug-likeness (QED) is 0.761. The molecular formula is C16H24FNO2. The van der Waals surface area contributed by atoms with Gasteiger partial charge in [-0.1, -0.05) is 26.7 Å². The molecule has 1 aromatic rings. The van der Waals surface area contributed by atoms with E-state index in [1.165, 1.54) is 24.6 Å². The third-order valence-corrected chi connectivity index (χ3v) is 3.35. The van der Waals surface area contributed by atoms with Gasteiger partial charge in [0.1, 0.15) is 5.82 Å². The number of benzene rings is 1. The highest BCUT2D eigenvalue weighted by molar-refractivity contribution is 5.87. The fourth-order valence-corrected chi connectivity index (χ4v) is 2.06. The first-order valence-corrected chi connectivity index (χ1v) is 7.15. The highest BCUT2D eigenvalue weighted by Gasteiger charge is 2.09. The van der Waals surface area contributed by atoms with Crippen LogP contribution in [-0.2, 0) is 6.54 Å². The first-order valence-electron chi connectivity index (χ1n) is 7.15. The van der Waals surface area contributed by atoms with Crippen LogP contribution in [0.25, 0.3) is 0 Å². The van der Waals surface area contributed by atoms with E-state index in [1.807, 2.05) is 0 Å². The Hall–Kier alpha value is -1.42. The van der Waals surface area contributed by atoms with E-state index in [2.05, 4.69) is 26.1 Å². The maximum Gasteiger partial charge on any atom is 0.335 e. The summed E-state index contributed by atoms with van der Waals surface area (Å²) in [6, 6.07) is 4.18. The van der Waals surface area contributed by atoms with Crippen LogP contribution in [0.5, 0.6) is 0 Å². The molecule has 0 aliphatic heterocycles. The summed E-state index contributed by atoms with van der Waals surface area (Å²) >= 11 is 0. The van der Waals surface area contributed by atoms with Crippen molar-refractivity contribution in [1.82, 2.24) is 5.32 Å². The molecule has 0 bridgehead atoms. The van der Waals surface area contributed by atoms with Crippen LogP contribution >= 0.6 is 0 Å². The maximum atomic E-state index is 13.6. The minimum atomic E-state index is -1.03. The molecule has 0 spiro atoms. The highest BCUT2D eigenvalue weighted by atomic mass is 19.1. The second-order valence-electron chi connectivity index (χ2n) is 5.72. The van der Waals surface area contributed by atoms with E-state index >= 15 is 0 Å². The van der Waals surface area contributed by atoms with Crippen LogP contribution in [0.1, 0.15) is 56.0 Å². The number of rotatable bonds is 8. The van der Waals surface area contributed by atoms with E-state index in [-0.39, 0.29) is 11.4 Å². The van der Waals surface area contributed by atoms with Gasteiger partial charge in [-0.15, -0.1) is 0 Å². The molecule has 0 saturated carbocycles. The van der Waals surface area contributed by atoms with E-state index in [0.717, 1.165) is 12.8 Å². The monoisotopic (exact) mass is 281 g/mol. The molecule has 0 amide bonds. The van der Waals surface area contributed by atoms with Gasteiger partial charge in [0.25, 0.3) is 0 Å². The van der Waals surface area contributed by atoms with Crippen molar-refractivity contribution in [3.8, 4) is 0 Å². The van der Waals surface area contributed by atoms with Crippen LogP contribution in [0.2, 0.25) is 0 Å². The molecule has 1 rings (SSSR count). The van der Waals surface area contributed by atoms with Crippen LogP contribution in [-0.4, -0.2) is 17.1 Å². The Kier molecular flexibility index (Phi) is 6.65. The van der Waals surface area contributed by atoms with Gasteiger partial charge in [-0.2, -0.15) is 0 Å². The van der Waals surface area contributed by atoms with Crippen molar-refractivity contribution in [2.45, 2.75) is 52.6 Å². The number of hydrogen-bond donors (Lipinski definition) is 2. The molecule has 0 radical (unpaired) electrons. The molecule has 0 heterocycles. The Labute approximate surface area is 120 Å². The van der Waals surface area contributed by atoms with Gasteiger partial charge in [-0.3, -0.25) is 0 Å². The van der Waals surface area contributed by atoms with Gasteiger partial charge in [0.05, 0.1) is 5.56 Å². The molecule has 112 valence electrons. The van der Waals surface area contributed by atoms with Crippen molar-refractivity contribution >= 4 is 5.97 Å². The Bertz CT molecular complexity index is 446. The standard InChI is InChI=1S/C16H24FNO2/c1-11(2)5-4-6-12(3)18-10-14-9-13(16(19)20)7-8-15(14)17/h7-9,11-12,18H,4-6,10H2,1-3H3,(H,19,20). The maximum absolute atomic E-state index is 13.6. The summed E-state index contributed by atoms with van der Waals surface area (Å²) in [6.45, 7) is 6.82. The molecule has 0 fully saturated rings. The van der Waals surface area contributed by atoms with Gasteiger partial charge < -0.3 is 10.4 Å². The first-order chi connectivity index (χ1) is 9.40. The van der Waals surface area contributed by atoms with Crippen LogP contribution in [0.4, 0.5) is 4.39 Å². The molecule has 2 N–H and O–H groups in total. The lowest BCUT2D eigenvalue weighted by atomic mass is 10.0. The van der Waals surface area contributed by atoms with Crippen LogP contribution in [0, 0.1) is 11.7 Å². The number of halogens is 1. The SMILES string of the molecule is CC(C)CCCC(C)NCc1cc(C(=O)O)ccc1F. The summed E-state index contributed by atoms with van der Waals surface area (Å²) in [5.74, 6) is -0.694. The number of carboxylic acids is 1. The average Bonchev–Trinajstić information content (AvgIpc) is 2.37. The van der Waals surface area contributed by atoms with E-state index in [4.69, 9.17) is 5.11 Å². The second-order valence-corrected chi connectivity index (χ2v) is 5.72. The van der Waals surface area contributed by atoms with Gasteiger partial charge in [0.2, 0.25) is 0 Å². The van der Waals surface area contributed by atoms with Gasteiger partial charge in [0.15, 0.2) is 0 Å². The lowest BCUT2D eigenvalue weighted by Crippen LogP contribution is -2.26. The zero-order chi connectivity index (χ0) is 15.1. The highest BCUT2D eigenvalue weighted by Crippen LogP contribution is 2.12. The number of hydrogen-bond acceptors (Lipinski definition) is 2. The zero-order valence-corrected chi connectivity index (χ0v) is 12.4. The Balaban J connectivity index is 2.48. The Morgan fingerprint density at radius 2 is 2.00 bits per heavy atom. The molecule has 0 aliphatic rings. The van der Waals surface area contributed by atoms with E-state index in [1.54, 1.807) is 0 Å². The third kappa shape index (κ3) is 5.70. The van der Waals surface area contributed by atoms with E-state index in [9.17, 15) is 9.18 Å². The molecule has 1 unspecified atom stereocenters. The Morgan fingerprint density at radius 3 is 2.60 bits per heavy atom. The molecule has 3 nitrogen and oxygen atoms in total. The summed E-state index contributed by atoms with van der Waals surface area (Å²) in [5, 5.41) is 12.1. The second kappa shape index (κ2) is 8.00. The predicted octanol–water partition coefficient (Wildman–Crippen LogP) is 3.83. The summed E-state index contributed by atoms with van der Waals surface area (Å²) in [7, 11) is 0. The average molecular weight is 281 g/mol. The fourth-order valence-electron chi connectivity index (χ4n) is 2.06. The minimum absolute atomic E-state index is 0.121. The van der Waals surface area contributed by atoms with Crippen molar-refractivity contribution in [3.05, 3.63) is 35.1 Å². The molecule has 0 aliphatic carbocycles. The third-order valence-electron chi connectivity index (χ3n) is 3.35. The van der Waals surface area contributed by atoms with Gasteiger partial charge >= 0.3 is 5.97 Å². The lowest BCUT2D eigenvalue weighted by molar-refractivity contribution is 0.0696. The number of carbonyl (C=O) groups is 1. The molecular weight excluding hydrogens is 257 g/mol. The summed E-state index contributed by atoms with van der Waals surface area (Å²) in [4.78, 5) is 10.9. The minimum Gasteiger partial charge on any atom is -0.478 e. The van der Waals surface area contributed by atoms with Crippen molar-refractivity contribution in [2.75, 3.05) is 0 Å². The molecule has 20 heavy (non-hydrogen) atoms. The van der Waals surface area contributed by atoms with Crippen molar-refractivity contribution < 1.29 is 14.3 Å². The lowest BCUT2D eigenvalue weighted by Gasteiger charge is -2.15. The number of nitrogens with one attached hydrogen (secondary N) is 1. The molecule has 1 atom stereocenters. The molecule has 0 aromatic heterocycles. The van der Waals surface area contributed by atoms with E-state index < -0.39 is 5.97 Å². The normalized spacial score (nSPS) is 12.7. The van der Waals surface area contributed by atoms with Gasteiger partial charge in [-0.25, -0.2) is 9.18 Å². The van der Waals surface area contributed by atoms with Crippen molar-refractivity contribution in [3.63, 3.8) is 0 Å². The molecule has 0 saturated heterocycles. The Morgan fingerprint density at radius 1 is 1.30 bits per heavy atom. The first kappa shape index (κ1) is 16.6. The molecule has 4 heteroatoms. The molecule has 1 aromatic carbocycles.